The Bertz CT molecular complexity index is 323. The maximum atomic E-state index is 8.54. The first-order chi connectivity index (χ1) is 5.95. The van der Waals surface area contributed by atoms with E-state index in [0.717, 1.165) is 5.38 Å². The topological polar surface area (TPSA) is 45.7 Å². The van der Waals surface area contributed by atoms with E-state index in [-0.39, 0.29) is 0 Å². The molecule has 0 fully saturated rings. The van der Waals surface area contributed by atoms with E-state index in [1.54, 1.807) is 6.92 Å². The van der Waals surface area contributed by atoms with Crippen molar-refractivity contribution in [3.63, 3.8) is 0 Å². The van der Waals surface area contributed by atoms with Crippen LogP contribution in [0.4, 0.5) is 0 Å². The van der Waals surface area contributed by atoms with Crippen LogP contribution in [0.3, 0.4) is 0 Å². The average molecular weight is 197 g/mol. The normalized spacial score (nSPS) is 13.4. The lowest BCUT2D eigenvalue weighted by Gasteiger charge is -2.10. The Hall–Kier alpha value is -1.03. The van der Waals surface area contributed by atoms with Crippen LogP contribution in [0.25, 0.3) is 0 Å². The molecule has 0 amide bonds. The zero-order chi connectivity index (χ0) is 10.1. The van der Waals surface area contributed by atoms with Crippen LogP contribution < -0.4 is 5.38 Å². The van der Waals surface area contributed by atoms with Crippen molar-refractivity contribution >= 4 is 19.2 Å². The second-order valence-corrected chi connectivity index (χ2v) is 9.09. The fraction of sp³-hybridized carbons (Fsp3) is 0.444. The molecule has 1 rings (SSSR count). The average Bonchev–Trinajstić information content (AvgIpc) is 2.50. The summed E-state index contributed by atoms with van der Waals surface area (Å²) >= 11 is 0. The molecule has 1 N–H and O–H groups in total. The van der Waals surface area contributed by atoms with Crippen molar-refractivity contribution in [1.29, 1.82) is 0 Å². The molecule has 1 aromatic rings. The summed E-state index contributed by atoms with van der Waals surface area (Å²) in [5, 5.41) is 12.7. The second kappa shape index (κ2) is 3.37. The molecule has 0 saturated heterocycles. The molecule has 4 heteroatoms. The van der Waals surface area contributed by atoms with Crippen molar-refractivity contribution in [2.45, 2.75) is 26.6 Å². The maximum Gasteiger partial charge on any atom is 0.150 e. The molecule has 13 heavy (non-hydrogen) atoms. The van der Waals surface area contributed by atoms with E-state index in [4.69, 9.17) is 9.62 Å². The van der Waals surface area contributed by atoms with Gasteiger partial charge >= 0.3 is 0 Å². The predicted octanol–water partition coefficient (Wildman–Crippen LogP) is 2.02. The third-order valence-electron chi connectivity index (χ3n) is 1.85. The van der Waals surface area contributed by atoms with Crippen molar-refractivity contribution in [3.8, 4) is 0 Å². The number of nitrogens with zero attached hydrogens (tertiary/aromatic N) is 1. The molecule has 1 heterocycles. The molecule has 0 saturated carbocycles. The van der Waals surface area contributed by atoms with Crippen molar-refractivity contribution in [3.05, 3.63) is 17.9 Å². The van der Waals surface area contributed by atoms with Crippen molar-refractivity contribution in [1.82, 2.24) is 0 Å². The first kappa shape index (κ1) is 10.1. The van der Waals surface area contributed by atoms with Gasteiger partial charge in [0.1, 0.15) is 13.8 Å². The fourth-order valence-corrected chi connectivity index (χ4v) is 1.98. The predicted molar refractivity (Wildman–Crippen MR) is 55.7 cm³/mol. The molecule has 0 aliphatic heterocycles. The maximum absolute atomic E-state index is 8.54. The summed E-state index contributed by atoms with van der Waals surface area (Å²) in [6.07, 6.45) is 0. The highest BCUT2D eigenvalue weighted by atomic mass is 28.3. The van der Waals surface area contributed by atoms with E-state index < -0.39 is 8.07 Å². The molecule has 0 aliphatic carbocycles. The highest BCUT2D eigenvalue weighted by Gasteiger charge is 2.21. The first-order valence-electron chi connectivity index (χ1n) is 4.24. The van der Waals surface area contributed by atoms with Gasteiger partial charge in [0.15, 0.2) is 5.76 Å². The summed E-state index contributed by atoms with van der Waals surface area (Å²) < 4.78 is 5.57. The van der Waals surface area contributed by atoms with Crippen molar-refractivity contribution in [2.24, 2.45) is 5.16 Å². The van der Waals surface area contributed by atoms with Crippen LogP contribution in [-0.2, 0) is 0 Å². The lowest BCUT2D eigenvalue weighted by atomic mass is 10.3. The fourth-order valence-electron chi connectivity index (χ4n) is 0.985. The van der Waals surface area contributed by atoms with Crippen LogP contribution >= 0.6 is 0 Å². The number of hydrogen-bond donors (Lipinski definition) is 1. The zero-order valence-electron chi connectivity index (χ0n) is 8.46. The Morgan fingerprint density at radius 2 is 2.00 bits per heavy atom. The largest absolute Gasteiger partial charge is 0.465 e. The monoisotopic (exact) mass is 197 g/mol. The van der Waals surface area contributed by atoms with Gasteiger partial charge in [-0.05, 0) is 19.1 Å². The third kappa shape index (κ3) is 2.21. The molecule has 0 bridgehead atoms. The van der Waals surface area contributed by atoms with Crippen LogP contribution in [0.15, 0.2) is 21.7 Å². The van der Waals surface area contributed by atoms with Crippen LogP contribution in [0, 0.1) is 0 Å². The van der Waals surface area contributed by atoms with Gasteiger partial charge in [-0.3, -0.25) is 0 Å². The molecular formula is C9H15NO2Si. The molecule has 0 aliphatic rings. The molecular weight excluding hydrogens is 182 g/mol. The number of furan rings is 1. The highest BCUT2D eigenvalue weighted by Crippen LogP contribution is 2.07. The second-order valence-electron chi connectivity index (χ2n) is 4.10. The number of oxime groups is 1. The Labute approximate surface area is 79.1 Å². The molecule has 0 spiro atoms. The first-order valence-corrected chi connectivity index (χ1v) is 7.74. The van der Waals surface area contributed by atoms with Crippen LogP contribution in [-0.4, -0.2) is 19.0 Å². The summed E-state index contributed by atoms with van der Waals surface area (Å²) in [6.45, 7) is 8.34. The van der Waals surface area contributed by atoms with Crippen LogP contribution in [0.5, 0.6) is 0 Å². The van der Waals surface area contributed by atoms with E-state index in [1.807, 2.05) is 12.1 Å². The van der Waals surface area contributed by atoms with E-state index >= 15 is 0 Å². The van der Waals surface area contributed by atoms with Gasteiger partial charge in [-0.15, -0.1) is 0 Å². The minimum Gasteiger partial charge on any atom is -0.465 e. The van der Waals surface area contributed by atoms with Gasteiger partial charge in [0.2, 0.25) is 0 Å². The van der Waals surface area contributed by atoms with Crippen molar-refractivity contribution < 1.29 is 9.62 Å². The van der Waals surface area contributed by atoms with Gasteiger partial charge in [-0.2, -0.15) is 0 Å². The quantitative estimate of drug-likeness (QED) is 0.341. The zero-order valence-corrected chi connectivity index (χ0v) is 9.46. The molecule has 0 unspecified atom stereocenters. The summed E-state index contributed by atoms with van der Waals surface area (Å²) in [6, 6.07) is 3.82. The molecule has 0 atom stereocenters. The summed E-state index contributed by atoms with van der Waals surface area (Å²) in [7, 11) is -1.37. The number of hydrogen-bond acceptors (Lipinski definition) is 3. The number of rotatable bonds is 2. The third-order valence-corrected chi connectivity index (χ3v) is 3.60. The molecule has 0 aromatic carbocycles. The van der Waals surface area contributed by atoms with Crippen LogP contribution in [0.1, 0.15) is 12.7 Å². The van der Waals surface area contributed by atoms with Gasteiger partial charge in [-0.1, -0.05) is 24.8 Å². The van der Waals surface area contributed by atoms with E-state index in [2.05, 4.69) is 24.8 Å². The smallest absolute Gasteiger partial charge is 0.150 e. The van der Waals surface area contributed by atoms with Gasteiger partial charge in [0, 0.05) is 0 Å². The van der Waals surface area contributed by atoms with Gasteiger partial charge in [0.25, 0.3) is 0 Å². The molecule has 1 aromatic heterocycles. The summed E-state index contributed by atoms with van der Waals surface area (Å²) in [5.74, 6) is 0.653. The van der Waals surface area contributed by atoms with Crippen molar-refractivity contribution in [2.75, 3.05) is 0 Å². The molecule has 72 valence electrons. The minimum atomic E-state index is -1.37. The van der Waals surface area contributed by atoms with Crippen LogP contribution in [0.2, 0.25) is 19.6 Å². The van der Waals surface area contributed by atoms with Gasteiger partial charge < -0.3 is 9.62 Å². The molecule has 3 nitrogen and oxygen atoms in total. The standard InChI is InChI=1S/C9H15NO2Si/c1-7(10-11)8-5-6-9(12-8)13(2,3)4/h5-6,11H,1-4H3. The minimum absolute atomic E-state index is 0.518. The van der Waals surface area contributed by atoms with Gasteiger partial charge in [0.05, 0.1) is 5.38 Å². The lowest BCUT2D eigenvalue weighted by molar-refractivity contribution is 0.318. The summed E-state index contributed by atoms with van der Waals surface area (Å²) in [4.78, 5) is 0. The summed E-state index contributed by atoms with van der Waals surface area (Å²) in [5.41, 5.74) is 0.518. The highest BCUT2D eigenvalue weighted by molar-refractivity contribution is 6.87. The van der Waals surface area contributed by atoms with E-state index in [9.17, 15) is 0 Å². The van der Waals surface area contributed by atoms with Gasteiger partial charge in [-0.25, -0.2) is 0 Å². The Morgan fingerprint density at radius 3 is 2.38 bits per heavy atom. The Morgan fingerprint density at radius 1 is 1.38 bits per heavy atom. The van der Waals surface area contributed by atoms with E-state index in [0.29, 0.717) is 11.5 Å². The Balaban J connectivity index is 3.00. The van der Waals surface area contributed by atoms with E-state index in [1.165, 1.54) is 0 Å². The SMILES string of the molecule is CC(=NO)c1ccc([Si](C)(C)C)o1. The Kier molecular flexibility index (Phi) is 2.61. The molecule has 0 radical (unpaired) electrons. The lowest BCUT2D eigenvalue weighted by Crippen LogP contribution is -2.36.